The van der Waals surface area contributed by atoms with Crippen LogP contribution in [0, 0.1) is 22.7 Å². The zero-order valence-electron chi connectivity index (χ0n) is 13.2. The van der Waals surface area contributed by atoms with Crippen LogP contribution < -0.4 is 10.3 Å². The number of ether oxygens (including phenoxy) is 1. The number of hydrazone groups is 1. The van der Waals surface area contributed by atoms with E-state index < -0.39 is 9.84 Å². The van der Waals surface area contributed by atoms with Crippen LogP contribution in [0.25, 0.3) is 0 Å². The number of sulfone groups is 1. The van der Waals surface area contributed by atoms with Crippen LogP contribution in [0.4, 0.5) is 11.4 Å². The average molecular weight is 347 g/mol. The van der Waals surface area contributed by atoms with E-state index >= 15 is 0 Å². The van der Waals surface area contributed by atoms with Crippen molar-refractivity contribution in [3.63, 3.8) is 0 Å². The first kappa shape index (κ1) is 17.7. The van der Waals surface area contributed by atoms with Crippen molar-refractivity contribution in [1.82, 2.24) is 0 Å². The molecular formula is C15H17N5O3S. The third kappa shape index (κ3) is 4.02. The SMILES string of the molecule is CCS(=O)(=O)c1ccc(N2CCOCC2)c(NN=C(C#N)C#N)c1. The molecule has 1 aromatic rings. The number of nitrogens with one attached hydrogen (secondary N) is 1. The fraction of sp³-hybridized carbons (Fsp3) is 0.400. The Bertz CT molecular complexity index is 798. The molecule has 24 heavy (non-hydrogen) atoms. The van der Waals surface area contributed by atoms with E-state index in [0.717, 1.165) is 5.69 Å². The van der Waals surface area contributed by atoms with E-state index in [1.54, 1.807) is 31.2 Å². The van der Waals surface area contributed by atoms with Crippen molar-refractivity contribution in [2.75, 3.05) is 42.4 Å². The summed E-state index contributed by atoms with van der Waals surface area (Å²) in [6, 6.07) is 8.02. The molecule has 1 aliphatic rings. The van der Waals surface area contributed by atoms with E-state index in [-0.39, 0.29) is 16.4 Å². The van der Waals surface area contributed by atoms with Gasteiger partial charge in [0, 0.05) is 13.1 Å². The average Bonchev–Trinajstić information content (AvgIpc) is 2.63. The predicted octanol–water partition coefficient (Wildman–Crippen LogP) is 1.13. The van der Waals surface area contributed by atoms with Gasteiger partial charge in [0.25, 0.3) is 0 Å². The van der Waals surface area contributed by atoms with E-state index in [4.69, 9.17) is 15.3 Å². The van der Waals surface area contributed by atoms with Crippen LogP contribution in [-0.4, -0.2) is 46.2 Å². The van der Waals surface area contributed by atoms with Crippen LogP contribution in [0.5, 0.6) is 0 Å². The number of nitrogens with zero attached hydrogens (tertiary/aromatic N) is 4. The van der Waals surface area contributed by atoms with Gasteiger partial charge in [0.1, 0.15) is 12.1 Å². The minimum Gasteiger partial charge on any atom is -0.378 e. The monoisotopic (exact) mass is 347 g/mol. The minimum absolute atomic E-state index is 0.0196. The Morgan fingerprint density at radius 3 is 2.58 bits per heavy atom. The Kier molecular flexibility index (Phi) is 5.74. The van der Waals surface area contributed by atoms with E-state index in [9.17, 15) is 8.42 Å². The molecule has 1 fully saturated rings. The minimum atomic E-state index is -3.38. The van der Waals surface area contributed by atoms with Crippen molar-refractivity contribution < 1.29 is 13.2 Å². The molecule has 0 radical (unpaired) electrons. The van der Waals surface area contributed by atoms with Gasteiger partial charge < -0.3 is 9.64 Å². The fourth-order valence-corrected chi connectivity index (χ4v) is 3.14. The van der Waals surface area contributed by atoms with Gasteiger partial charge in [0.05, 0.1) is 35.2 Å². The number of morpholine rings is 1. The summed E-state index contributed by atoms with van der Waals surface area (Å²) < 4.78 is 29.5. The van der Waals surface area contributed by atoms with Gasteiger partial charge in [-0.25, -0.2) is 8.42 Å². The van der Waals surface area contributed by atoms with Gasteiger partial charge in [-0.15, -0.1) is 0 Å². The zero-order chi connectivity index (χ0) is 17.6. The van der Waals surface area contributed by atoms with Crippen LogP contribution in [0.2, 0.25) is 0 Å². The molecule has 0 unspecified atom stereocenters. The summed E-state index contributed by atoms with van der Waals surface area (Å²) >= 11 is 0. The number of rotatable bonds is 5. The predicted molar refractivity (Wildman–Crippen MR) is 89.5 cm³/mol. The van der Waals surface area contributed by atoms with Crippen molar-refractivity contribution >= 4 is 26.9 Å². The van der Waals surface area contributed by atoms with E-state index in [0.29, 0.717) is 32.0 Å². The highest BCUT2D eigenvalue weighted by atomic mass is 32.2. The lowest BCUT2D eigenvalue weighted by molar-refractivity contribution is 0.123. The molecule has 1 aromatic carbocycles. The van der Waals surface area contributed by atoms with Gasteiger partial charge in [0.2, 0.25) is 5.71 Å². The molecule has 0 amide bonds. The molecule has 9 heteroatoms. The maximum Gasteiger partial charge on any atom is 0.237 e. The normalized spacial score (nSPS) is 14.4. The largest absolute Gasteiger partial charge is 0.378 e. The van der Waals surface area contributed by atoms with Crippen molar-refractivity contribution in [2.24, 2.45) is 5.10 Å². The highest BCUT2D eigenvalue weighted by Gasteiger charge is 2.19. The molecule has 0 atom stereocenters. The molecule has 126 valence electrons. The van der Waals surface area contributed by atoms with Gasteiger partial charge in [-0.1, -0.05) is 6.92 Å². The Morgan fingerprint density at radius 2 is 2.00 bits per heavy atom. The summed E-state index contributed by atoms with van der Waals surface area (Å²) in [6.07, 6.45) is 0. The highest BCUT2D eigenvalue weighted by Crippen LogP contribution is 2.30. The molecule has 0 bridgehead atoms. The summed E-state index contributed by atoms with van der Waals surface area (Å²) in [5, 5.41) is 21.3. The van der Waals surface area contributed by atoms with Crippen LogP contribution >= 0.6 is 0 Å². The molecule has 0 aliphatic carbocycles. The van der Waals surface area contributed by atoms with E-state index in [2.05, 4.69) is 10.5 Å². The van der Waals surface area contributed by atoms with Gasteiger partial charge in [-0.3, -0.25) is 5.43 Å². The van der Waals surface area contributed by atoms with Crippen molar-refractivity contribution in [3.05, 3.63) is 18.2 Å². The molecule has 0 aromatic heterocycles. The van der Waals surface area contributed by atoms with E-state index in [1.807, 2.05) is 4.90 Å². The molecular weight excluding hydrogens is 330 g/mol. The second-order valence-electron chi connectivity index (χ2n) is 4.98. The number of nitriles is 2. The molecule has 0 saturated carbocycles. The summed E-state index contributed by atoms with van der Waals surface area (Å²) in [6.45, 7) is 4.02. The second kappa shape index (κ2) is 7.77. The van der Waals surface area contributed by atoms with Crippen LogP contribution in [-0.2, 0) is 14.6 Å². The smallest absolute Gasteiger partial charge is 0.237 e. The third-order valence-electron chi connectivity index (χ3n) is 3.56. The van der Waals surface area contributed by atoms with Crippen LogP contribution in [0.15, 0.2) is 28.2 Å². The number of hydrogen-bond donors (Lipinski definition) is 1. The number of anilines is 2. The van der Waals surface area contributed by atoms with Crippen LogP contribution in [0.1, 0.15) is 6.92 Å². The third-order valence-corrected chi connectivity index (χ3v) is 5.29. The standard InChI is InChI=1S/C15H17N5O3S/c1-2-24(21,22)13-3-4-15(20-5-7-23-8-6-20)14(9-13)19-18-12(10-16)11-17/h3-4,9,19H,2,5-8H2,1H3. The van der Waals surface area contributed by atoms with Crippen molar-refractivity contribution in [1.29, 1.82) is 10.5 Å². The molecule has 1 saturated heterocycles. The zero-order valence-corrected chi connectivity index (χ0v) is 14.0. The first-order valence-electron chi connectivity index (χ1n) is 7.35. The number of hydrogen-bond acceptors (Lipinski definition) is 8. The highest BCUT2D eigenvalue weighted by molar-refractivity contribution is 7.91. The Morgan fingerprint density at radius 1 is 1.33 bits per heavy atom. The van der Waals surface area contributed by atoms with Crippen LogP contribution in [0.3, 0.4) is 0 Å². The maximum absolute atomic E-state index is 12.1. The van der Waals surface area contributed by atoms with Gasteiger partial charge >= 0.3 is 0 Å². The molecule has 2 rings (SSSR count). The number of benzene rings is 1. The van der Waals surface area contributed by atoms with Crippen molar-refractivity contribution in [3.8, 4) is 12.1 Å². The Balaban J connectivity index is 2.44. The summed E-state index contributed by atoms with van der Waals surface area (Å²) in [7, 11) is -3.38. The van der Waals surface area contributed by atoms with Gasteiger partial charge in [-0.05, 0) is 18.2 Å². The van der Waals surface area contributed by atoms with Gasteiger partial charge in [-0.2, -0.15) is 15.6 Å². The Hall–Kier alpha value is -2.62. The van der Waals surface area contributed by atoms with Crippen molar-refractivity contribution in [2.45, 2.75) is 11.8 Å². The maximum atomic E-state index is 12.1. The first-order chi connectivity index (χ1) is 11.5. The molecule has 0 spiro atoms. The fourth-order valence-electron chi connectivity index (χ4n) is 2.24. The lowest BCUT2D eigenvalue weighted by atomic mass is 10.2. The first-order valence-corrected chi connectivity index (χ1v) is 9.00. The summed E-state index contributed by atoms with van der Waals surface area (Å²) in [5.74, 6) is -0.0196. The van der Waals surface area contributed by atoms with E-state index in [1.165, 1.54) is 6.07 Å². The quantitative estimate of drug-likeness (QED) is 0.626. The van der Waals surface area contributed by atoms with Gasteiger partial charge in [0.15, 0.2) is 9.84 Å². The Labute approximate surface area is 140 Å². The lowest BCUT2D eigenvalue weighted by Gasteiger charge is -2.30. The second-order valence-corrected chi connectivity index (χ2v) is 7.26. The molecule has 1 heterocycles. The molecule has 1 aliphatic heterocycles. The lowest BCUT2D eigenvalue weighted by Crippen LogP contribution is -2.36. The summed E-state index contributed by atoms with van der Waals surface area (Å²) in [4.78, 5) is 2.19. The topological polar surface area (TPSA) is 119 Å². The molecule has 8 nitrogen and oxygen atoms in total. The summed E-state index contributed by atoms with van der Waals surface area (Å²) in [5.41, 5.74) is 3.47. The molecule has 1 N–H and O–H groups in total.